The average Bonchev–Trinajstić information content (AvgIpc) is 3.15. The molecule has 1 N–H and O–H groups in total. The first kappa shape index (κ1) is 13.2. The highest BCUT2D eigenvalue weighted by Gasteiger charge is 2.24. The van der Waals surface area contributed by atoms with Gasteiger partial charge in [0.25, 0.3) is 0 Å². The first-order valence-electron chi connectivity index (χ1n) is 6.69. The zero-order valence-corrected chi connectivity index (χ0v) is 13.4. The molecule has 0 radical (unpaired) electrons. The Hall–Kier alpha value is -1.50. The molecule has 0 saturated carbocycles. The van der Waals surface area contributed by atoms with Crippen LogP contribution in [0.1, 0.15) is 23.1 Å². The van der Waals surface area contributed by atoms with E-state index in [9.17, 15) is 0 Å². The summed E-state index contributed by atoms with van der Waals surface area (Å²) in [5.41, 5.74) is 2.69. The molecule has 106 valence electrons. The maximum absolute atomic E-state index is 5.45. The van der Waals surface area contributed by atoms with Gasteiger partial charge in [0, 0.05) is 6.54 Å². The summed E-state index contributed by atoms with van der Waals surface area (Å²) in [7, 11) is 0. The molecule has 3 aromatic rings. The van der Waals surface area contributed by atoms with Crippen LogP contribution in [0.4, 0.5) is 0 Å². The van der Waals surface area contributed by atoms with Crippen molar-refractivity contribution in [3.05, 3.63) is 57.2 Å². The maximum atomic E-state index is 5.45. The molecule has 21 heavy (non-hydrogen) atoms. The van der Waals surface area contributed by atoms with Crippen LogP contribution in [0.25, 0.3) is 10.7 Å². The van der Waals surface area contributed by atoms with Crippen LogP contribution < -0.4 is 5.32 Å². The molecule has 0 saturated heterocycles. The number of nitrogens with one attached hydrogen (secondary N) is 1. The van der Waals surface area contributed by atoms with Gasteiger partial charge in [-0.05, 0) is 45.6 Å². The summed E-state index contributed by atoms with van der Waals surface area (Å²) in [5.74, 6) is 1.31. The molecule has 1 aromatic carbocycles. The number of halogens is 1. The Bertz CT molecular complexity index is 783. The molecule has 0 aliphatic carbocycles. The molecular formula is C15H12BrN3OS. The molecule has 1 aliphatic rings. The topological polar surface area (TPSA) is 51.0 Å². The molecule has 0 unspecified atom stereocenters. The number of hydrogen-bond acceptors (Lipinski definition) is 5. The van der Waals surface area contributed by atoms with Gasteiger partial charge in [0.2, 0.25) is 11.7 Å². The second-order valence-electron chi connectivity index (χ2n) is 4.97. The van der Waals surface area contributed by atoms with E-state index in [2.05, 4.69) is 55.7 Å². The van der Waals surface area contributed by atoms with E-state index in [1.165, 1.54) is 11.1 Å². The lowest BCUT2D eigenvalue weighted by atomic mass is 9.96. The molecule has 0 amide bonds. The fraction of sp³-hybridized carbons (Fsp3) is 0.200. The van der Waals surface area contributed by atoms with Crippen molar-refractivity contribution in [3.8, 4) is 10.7 Å². The summed E-state index contributed by atoms with van der Waals surface area (Å²) >= 11 is 5.05. The summed E-state index contributed by atoms with van der Waals surface area (Å²) < 4.78 is 6.51. The molecule has 1 aliphatic heterocycles. The number of nitrogens with zero attached hydrogens (tertiary/aromatic N) is 2. The van der Waals surface area contributed by atoms with E-state index >= 15 is 0 Å². The fourth-order valence-electron chi connectivity index (χ4n) is 2.54. The monoisotopic (exact) mass is 361 g/mol. The Morgan fingerprint density at radius 3 is 2.86 bits per heavy atom. The van der Waals surface area contributed by atoms with Gasteiger partial charge in [0.05, 0.1) is 14.7 Å². The van der Waals surface area contributed by atoms with Crippen LogP contribution in [0.15, 0.2) is 44.7 Å². The second-order valence-corrected chi connectivity index (χ2v) is 7.43. The predicted octanol–water partition coefficient (Wildman–Crippen LogP) is 3.95. The fourth-order valence-corrected chi connectivity index (χ4v) is 3.85. The van der Waals surface area contributed by atoms with Crippen LogP contribution in [-0.4, -0.2) is 10.1 Å². The Kier molecular flexibility index (Phi) is 3.37. The van der Waals surface area contributed by atoms with Crippen molar-refractivity contribution in [2.75, 3.05) is 0 Å². The predicted molar refractivity (Wildman–Crippen MR) is 85.0 cm³/mol. The lowest BCUT2D eigenvalue weighted by Gasteiger charge is -2.23. The molecule has 0 fully saturated rings. The molecular weight excluding hydrogens is 350 g/mol. The largest absolute Gasteiger partial charge is 0.337 e. The van der Waals surface area contributed by atoms with Gasteiger partial charge < -0.3 is 9.84 Å². The van der Waals surface area contributed by atoms with Crippen molar-refractivity contribution in [2.45, 2.75) is 19.0 Å². The second kappa shape index (κ2) is 5.36. The summed E-state index contributed by atoms with van der Waals surface area (Å²) in [6, 6.07) is 12.5. The van der Waals surface area contributed by atoms with E-state index in [-0.39, 0.29) is 6.04 Å². The number of rotatable bonds is 2. The average molecular weight is 362 g/mol. The zero-order chi connectivity index (χ0) is 14.2. The molecule has 2 aromatic heterocycles. The smallest absolute Gasteiger partial charge is 0.244 e. The minimum atomic E-state index is 0.0875. The third-order valence-corrected chi connectivity index (χ3v) is 5.23. The minimum absolute atomic E-state index is 0.0875. The van der Waals surface area contributed by atoms with Gasteiger partial charge in [-0.1, -0.05) is 29.4 Å². The Labute approximate surface area is 134 Å². The zero-order valence-electron chi connectivity index (χ0n) is 11.0. The van der Waals surface area contributed by atoms with Crippen molar-refractivity contribution in [2.24, 2.45) is 0 Å². The SMILES string of the molecule is Brc1ccc(-c2noc([C@H]3Cc4ccccc4CN3)n2)s1. The number of aromatic nitrogens is 2. The molecule has 0 spiro atoms. The molecule has 0 bridgehead atoms. The van der Waals surface area contributed by atoms with Gasteiger partial charge in [0.15, 0.2) is 0 Å². The standard InChI is InChI=1S/C15H12BrN3OS/c16-13-6-5-12(21-13)14-18-15(20-19-14)11-7-9-3-1-2-4-10(9)8-17-11/h1-6,11,17H,7-8H2/t11-/m1/s1. The van der Waals surface area contributed by atoms with Crippen LogP contribution in [0.5, 0.6) is 0 Å². The van der Waals surface area contributed by atoms with Gasteiger partial charge in [-0.15, -0.1) is 11.3 Å². The summed E-state index contributed by atoms with van der Waals surface area (Å²) in [4.78, 5) is 5.55. The number of fused-ring (bicyclic) bond motifs is 1. The third-order valence-electron chi connectivity index (χ3n) is 3.61. The van der Waals surface area contributed by atoms with E-state index in [0.717, 1.165) is 21.6 Å². The molecule has 1 atom stereocenters. The van der Waals surface area contributed by atoms with Gasteiger partial charge in [-0.3, -0.25) is 0 Å². The van der Waals surface area contributed by atoms with Gasteiger partial charge in [-0.2, -0.15) is 4.98 Å². The van der Waals surface area contributed by atoms with Crippen molar-refractivity contribution in [1.29, 1.82) is 0 Å². The van der Waals surface area contributed by atoms with E-state index in [1.807, 2.05) is 12.1 Å². The first-order valence-corrected chi connectivity index (χ1v) is 8.30. The van der Waals surface area contributed by atoms with Crippen LogP contribution >= 0.6 is 27.3 Å². The van der Waals surface area contributed by atoms with E-state index in [0.29, 0.717) is 11.7 Å². The quantitative estimate of drug-likeness (QED) is 0.750. The molecule has 3 heterocycles. The van der Waals surface area contributed by atoms with Crippen LogP contribution in [-0.2, 0) is 13.0 Å². The lowest BCUT2D eigenvalue weighted by molar-refractivity contribution is 0.321. The normalized spacial score (nSPS) is 17.7. The van der Waals surface area contributed by atoms with Gasteiger partial charge in [-0.25, -0.2) is 0 Å². The van der Waals surface area contributed by atoms with E-state index in [4.69, 9.17) is 4.52 Å². The Balaban J connectivity index is 1.60. The van der Waals surface area contributed by atoms with Crippen LogP contribution in [0.3, 0.4) is 0 Å². The third kappa shape index (κ3) is 2.54. The number of benzene rings is 1. The molecule has 4 nitrogen and oxygen atoms in total. The van der Waals surface area contributed by atoms with Gasteiger partial charge >= 0.3 is 0 Å². The first-order chi connectivity index (χ1) is 10.3. The maximum Gasteiger partial charge on any atom is 0.244 e. The van der Waals surface area contributed by atoms with Crippen molar-refractivity contribution in [1.82, 2.24) is 15.5 Å². The van der Waals surface area contributed by atoms with Crippen LogP contribution in [0, 0.1) is 0 Å². The molecule has 6 heteroatoms. The summed E-state index contributed by atoms with van der Waals surface area (Å²) in [6.45, 7) is 0.836. The molecule has 4 rings (SSSR count). The Morgan fingerprint density at radius 1 is 1.19 bits per heavy atom. The van der Waals surface area contributed by atoms with Crippen molar-refractivity contribution < 1.29 is 4.52 Å². The van der Waals surface area contributed by atoms with Crippen molar-refractivity contribution in [3.63, 3.8) is 0 Å². The number of thiophene rings is 1. The number of hydrogen-bond donors (Lipinski definition) is 1. The Morgan fingerprint density at radius 2 is 2.05 bits per heavy atom. The van der Waals surface area contributed by atoms with Gasteiger partial charge in [0.1, 0.15) is 0 Å². The summed E-state index contributed by atoms with van der Waals surface area (Å²) in [5, 5.41) is 7.55. The summed E-state index contributed by atoms with van der Waals surface area (Å²) in [6.07, 6.45) is 0.881. The highest BCUT2D eigenvalue weighted by atomic mass is 79.9. The highest BCUT2D eigenvalue weighted by Crippen LogP contribution is 2.31. The van der Waals surface area contributed by atoms with E-state index < -0.39 is 0 Å². The minimum Gasteiger partial charge on any atom is -0.337 e. The lowest BCUT2D eigenvalue weighted by Crippen LogP contribution is -2.28. The highest BCUT2D eigenvalue weighted by molar-refractivity contribution is 9.11. The van der Waals surface area contributed by atoms with Crippen molar-refractivity contribution >= 4 is 27.3 Å². The van der Waals surface area contributed by atoms with E-state index in [1.54, 1.807) is 11.3 Å². The van der Waals surface area contributed by atoms with Crippen LogP contribution in [0.2, 0.25) is 0 Å².